The van der Waals surface area contributed by atoms with Crippen LogP contribution in [0.4, 0.5) is 0 Å². The highest BCUT2D eigenvalue weighted by molar-refractivity contribution is 7.09. The van der Waals surface area contributed by atoms with Gasteiger partial charge in [-0.2, -0.15) is 0 Å². The maximum atomic E-state index is 12.9. The number of hydrogen-bond donors (Lipinski definition) is 0. The number of hydrogen-bond acceptors (Lipinski definition) is 7. The van der Waals surface area contributed by atoms with Crippen molar-refractivity contribution in [2.45, 2.75) is 52.0 Å². The van der Waals surface area contributed by atoms with Crippen LogP contribution in [0.1, 0.15) is 49.4 Å². The van der Waals surface area contributed by atoms with Crippen molar-refractivity contribution < 1.29 is 9.15 Å². The first kappa shape index (κ1) is 20.9. The topological polar surface area (TPSA) is 88.0 Å². The van der Waals surface area contributed by atoms with Crippen LogP contribution in [0.5, 0.6) is 5.75 Å². The average Bonchev–Trinajstić information content (AvgIpc) is 3.51. The molecule has 0 radical (unpaired) electrons. The van der Waals surface area contributed by atoms with Gasteiger partial charge in [0.1, 0.15) is 11.4 Å². The molecule has 4 aromatic rings. The first-order valence-corrected chi connectivity index (χ1v) is 12.0. The molecule has 1 fully saturated rings. The largest absolute Gasteiger partial charge is 0.494 e. The molecular formula is C23H27N5O3S. The maximum Gasteiger partial charge on any atom is 0.328 e. The number of thiazole rings is 1. The summed E-state index contributed by atoms with van der Waals surface area (Å²) in [4.78, 5) is 17.3. The lowest BCUT2D eigenvalue weighted by Gasteiger charge is -2.26. The first-order chi connectivity index (χ1) is 15.5. The fraction of sp³-hybridized carbons (Fsp3) is 0.478. The number of nitrogens with zero attached hydrogens (tertiary/aromatic N) is 5. The zero-order valence-electron chi connectivity index (χ0n) is 18.6. The van der Waals surface area contributed by atoms with Crippen LogP contribution in [-0.4, -0.2) is 30.9 Å². The maximum absolute atomic E-state index is 12.9. The number of benzene rings is 1. The molecule has 0 unspecified atom stereocenters. The van der Waals surface area contributed by atoms with Crippen LogP contribution in [0, 0.1) is 12.8 Å². The number of fused-ring (bicyclic) bond motifs is 1. The summed E-state index contributed by atoms with van der Waals surface area (Å²) in [7, 11) is 1.83. The van der Waals surface area contributed by atoms with Crippen LogP contribution in [0.3, 0.4) is 0 Å². The van der Waals surface area contributed by atoms with E-state index in [0.29, 0.717) is 30.9 Å². The Bertz CT molecular complexity index is 1290. The molecule has 9 heteroatoms. The molecular weight excluding hydrogens is 426 g/mol. The van der Waals surface area contributed by atoms with E-state index in [1.54, 1.807) is 15.9 Å². The van der Waals surface area contributed by atoms with Crippen LogP contribution in [-0.2, 0) is 13.6 Å². The van der Waals surface area contributed by atoms with Gasteiger partial charge in [-0.3, -0.25) is 9.13 Å². The summed E-state index contributed by atoms with van der Waals surface area (Å²) in [6.07, 6.45) is 4.00. The van der Waals surface area contributed by atoms with E-state index in [0.717, 1.165) is 53.2 Å². The van der Waals surface area contributed by atoms with Crippen molar-refractivity contribution in [3.8, 4) is 17.3 Å². The van der Waals surface area contributed by atoms with Gasteiger partial charge in [0, 0.05) is 31.0 Å². The molecule has 8 nitrogen and oxygen atoms in total. The molecule has 0 N–H and O–H groups in total. The summed E-state index contributed by atoms with van der Waals surface area (Å²) in [5, 5.41) is 11.4. The minimum absolute atomic E-state index is 0.0240. The van der Waals surface area contributed by atoms with E-state index in [2.05, 4.69) is 15.2 Å². The number of aromatic nitrogens is 5. The number of aryl methyl sites for hydroxylation is 2. The van der Waals surface area contributed by atoms with Crippen molar-refractivity contribution in [1.29, 1.82) is 0 Å². The molecule has 0 atom stereocenters. The van der Waals surface area contributed by atoms with E-state index in [1.165, 1.54) is 0 Å². The summed E-state index contributed by atoms with van der Waals surface area (Å²) in [6, 6.07) is 5.87. The standard InChI is InChI=1S/C23H27N5O3S/c1-4-30-17-9-10-19-20(11-17)28(23(29)27(19)3)12-15-5-7-16(8-6-15)21-25-26-22(31-21)18-13-32-14(2)24-18/h9-11,13,15-16H,4-8,12H2,1-3H3. The monoisotopic (exact) mass is 453 g/mol. The van der Waals surface area contributed by atoms with E-state index >= 15 is 0 Å². The van der Waals surface area contributed by atoms with Gasteiger partial charge in [-0.05, 0) is 57.6 Å². The molecule has 32 heavy (non-hydrogen) atoms. The molecule has 1 aliphatic carbocycles. The molecule has 0 spiro atoms. The summed E-state index contributed by atoms with van der Waals surface area (Å²) in [5.74, 6) is 2.70. The second-order valence-corrected chi connectivity index (χ2v) is 9.51. The Balaban J connectivity index is 1.29. The molecule has 3 aromatic heterocycles. The lowest BCUT2D eigenvalue weighted by Crippen LogP contribution is -2.27. The number of rotatable bonds is 6. The normalized spacial score (nSPS) is 19.0. The third kappa shape index (κ3) is 3.85. The van der Waals surface area contributed by atoms with Gasteiger partial charge in [-0.15, -0.1) is 21.5 Å². The quantitative estimate of drug-likeness (QED) is 0.426. The predicted molar refractivity (Wildman–Crippen MR) is 123 cm³/mol. The highest BCUT2D eigenvalue weighted by Crippen LogP contribution is 2.37. The van der Waals surface area contributed by atoms with Crippen molar-refractivity contribution in [3.63, 3.8) is 0 Å². The van der Waals surface area contributed by atoms with Crippen molar-refractivity contribution in [1.82, 2.24) is 24.3 Å². The second-order valence-electron chi connectivity index (χ2n) is 8.45. The van der Waals surface area contributed by atoms with E-state index in [9.17, 15) is 4.79 Å². The highest BCUT2D eigenvalue weighted by Gasteiger charge is 2.28. The van der Waals surface area contributed by atoms with E-state index in [-0.39, 0.29) is 11.6 Å². The van der Waals surface area contributed by atoms with Gasteiger partial charge in [0.05, 0.1) is 22.6 Å². The number of ether oxygens (including phenoxy) is 1. The predicted octanol–water partition coefficient (Wildman–Crippen LogP) is 4.53. The van der Waals surface area contributed by atoms with Crippen LogP contribution >= 0.6 is 11.3 Å². The zero-order chi connectivity index (χ0) is 22.2. The molecule has 0 saturated heterocycles. The van der Waals surface area contributed by atoms with Crippen LogP contribution in [0.25, 0.3) is 22.6 Å². The first-order valence-electron chi connectivity index (χ1n) is 11.1. The van der Waals surface area contributed by atoms with E-state index in [1.807, 2.05) is 49.0 Å². The molecule has 168 valence electrons. The Morgan fingerprint density at radius 3 is 2.72 bits per heavy atom. The van der Waals surface area contributed by atoms with Gasteiger partial charge < -0.3 is 9.15 Å². The Morgan fingerprint density at radius 2 is 2.00 bits per heavy atom. The molecule has 0 aliphatic heterocycles. The van der Waals surface area contributed by atoms with Gasteiger partial charge in [0.2, 0.25) is 5.89 Å². The third-order valence-corrected chi connectivity index (χ3v) is 7.12. The van der Waals surface area contributed by atoms with Gasteiger partial charge >= 0.3 is 5.69 Å². The lowest BCUT2D eigenvalue weighted by molar-refractivity contribution is 0.270. The molecule has 3 heterocycles. The average molecular weight is 454 g/mol. The second kappa shape index (κ2) is 8.54. The van der Waals surface area contributed by atoms with Gasteiger partial charge in [-0.25, -0.2) is 9.78 Å². The van der Waals surface area contributed by atoms with Crippen molar-refractivity contribution >= 4 is 22.4 Å². The highest BCUT2D eigenvalue weighted by atomic mass is 32.1. The minimum atomic E-state index is 0.0240. The zero-order valence-corrected chi connectivity index (χ0v) is 19.4. The smallest absolute Gasteiger partial charge is 0.328 e. The van der Waals surface area contributed by atoms with Gasteiger partial charge in [-0.1, -0.05) is 0 Å². The Hall–Kier alpha value is -2.94. The Morgan fingerprint density at radius 1 is 1.19 bits per heavy atom. The fourth-order valence-electron chi connectivity index (χ4n) is 4.64. The molecule has 0 bridgehead atoms. The summed E-state index contributed by atoms with van der Waals surface area (Å²) in [6.45, 7) is 5.24. The summed E-state index contributed by atoms with van der Waals surface area (Å²) < 4.78 is 15.2. The molecule has 5 rings (SSSR count). The van der Waals surface area contributed by atoms with E-state index < -0.39 is 0 Å². The third-order valence-electron chi connectivity index (χ3n) is 6.34. The van der Waals surface area contributed by atoms with Crippen LogP contribution < -0.4 is 10.4 Å². The summed E-state index contributed by atoms with van der Waals surface area (Å²) >= 11 is 1.58. The SMILES string of the molecule is CCOc1ccc2c(c1)n(CC1CCC(c3nnc(-c4csc(C)n4)o3)CC1)c(=O)n2C. The Labute approximate surface area is 189 Å². The van der Waals surface area contributed by atoms with Crippen molar-refractivity contribution in [2.75, 3.05) is 6.61 Å². The molecule has 0 amide bonds. The van der Waals surface area contributed by atoms with Crippen LogP contribution in [0.15, 0.2) is 32.8 Å². The fourth-order valence-corrected chi connectivity index (χ4v) is 5.22. The van der Waals surface area contributed by atoms with Gasteiger partial charge in [0.25, 0.3) is 5.89 Å². The molecule has 1 aromatic carbocycles. The lowest BCUT2D eigenvalue weighted by atomic mass is 9.82. The minimum Gasteiger partial charge on any atom is -0.494 e. The van der Waals surface area contributed by atoms with E-state index in [4.69, 9.17) is 9.15 Å². The van der Waals surface area contributed by atoms with Crippen molar-refractivity contribution in [3.05, 3.63) is 45.0 Å². The number of imidazole rings is 1. The van der Waals surface area contributed by atoms with Crippen LogP contribution in [0.2, 0.25) is 0 Å². The summed E-state index contributed by atoms with van der Waals surface area (Å²) in [5.41, 5.74) is 2.64. The molecule has 1 aliphatic rings. The van der Waals surface area contributed by atoms with Crippen molar-refractivity contribution in [2.24, 2.45) is 13.0 Å². The van der Waals surface area contributed by atoms with Gasteiger partial charge in [0.15, 0.2) is 0 Å². The Kier molecular flexibility index (Phi) is 5.58. The molecule has 1 saturated carbocycles.